The van der Waals surface area contributed by atoms with E-state index in [1.165, 1.54) is 19.4 Å². The molecule has 1 heterocycles. The Morgan fingerprint density at radius 3 is 2.53 bits per heavy atom. The van der Waals surface area contributed by atoms with Gasteiger partial charge in [-0.05, 0) is 39.0 Å². The van der Waals surface area contributed by atoms with E-state index >= 15 is 0 Å². The highest BCUT2D eigenvalue weighted by atomic mass is 16.5. The maximum absolute atomic E-state index is 8.86. The van der Waals surface area contributed by atoms with Gasteiger partial charge in [0.2, 0.25) is 0 Å². The van der Waals surface area contributed by atoms with Crippen molar-refractivity contribution < 1.29 is 9.84 Å². The molecule has 1 saturated heterocycles. The van der Waals surface area contributed by atoms with Gasteiger partial charge in [0.05, 0.1) is 0 Å². The van der Waals surface area contributed by atoms with Crippen molar-refractivity contribution >= 4 is 0 Å². The van der Waals surface area contributed by atoms with Gasteiger partial charge in [-0.3, -0.25) is 0 Å². The van der Waals surface area contributed by atoms with E-state index in [0.29, 0.717) is 12.6 Å². The Morgan fingerprint density at radius 1 is 1.33 bits per heavy atom. The summed E-state index contributed by atoms with van der Waals surface area (Å²) in [5, 5.41) is 8.86. The number of hydrogen-bond acceptors (Lipinski definition) is 3. The third-order valence-corrected chi connectivity index (χ3v) is 3.17. The van der Waals surface area contributed by atoms with E-state index in [0.717, 1.165) is 32.1 Å². The number of nitrogens with zero attached hydrogens (tertiary/aromatic N) is 1. The average Bonchev–Trinajstić information content (AvgIpc) is 2.25. The first-order chi connectivity index (χ1) is 7.24. The zero-order valence-electron chi connectivity index (χ0n) is 10.1. The molecule has 0 unspecified atom stereocenters. The van der Waals surface area contributed by atoms with E-state index in [1.54, 1.807) is 0 Å². The summed E-state index contributed by atoms with van der Waals surface area (Å²) in [6.45, 7) is 8.81. The SMILES string of the molecule is CC(C)N(CCCO)CC1CCOCC1. The van der Waals surface area contributed by atoms with Crippen molar-refractivity contribution in [2.45, 2.75) is 39.2 Å². The molecular weight excluding hydrogens is 190 g/mol. The van der Waals surface area contributed by atoms with Gasteiger partial charge in [0.15, 0.2) is 0 Å². The lowest BCUT2D eigenvalue weighted by Gasteiger charge is -2.32. The molecule has 1 N–H and O–H groups in total. The summed E-state index contributed by atoms with van der Waals surface area (Å²) in [6.07, 6.45) is 3.28. The summed E-state index contributed by atoms with van der Waals surface area (Å²) >= 11 is 0. The minimum Gasteiger partial charge on any atom is -0.396 e. The molecule has 1 aliphatic rings. The van der Waals surface area contributed by atoms with Gasteiger partial charge in [-0.2, -0.15) is 0 Å². The molecule has 3 heteroatoms. The molecule has 0 atom stereocenters. The number of ether oxygens (including phenoxy) is 1. The zero-order chi connectivity index (χ0) is 11.1. The summed E-state index contributed by atoms with van der Waals surface area (Å²) in [5.41, 5.74) is 0. The molecule has 0 radical (unpaired) electrons. The molecule has 15 heavy (non-hydrogen) atoms. The van der Waals surface area contributed by atoms with Crippen LogP contribution in [0.5, 0.6) is 0 Å². The summed E-state index contributed by atoms with van der Waals surface area (Å²) in [5.74, 6) is 0.792. The van der Waals surface area contributed by atoms with Gasteiger partial charge in [-0.15, -0.1) is 0 Å². The van der Waals surface area contributed by atoms with Crippen molar-refractivity contribution in [3.63, 3.8) is 0 Å². The van der Waals surface area contributed by atoms with E-state index in [9.17, 15) is 0 Å². The Hall–Kier alpha value is -0.120. The van der Waals surface area contributed by atoms with Crippen LogP contribution in [-0.2, 0) is 4.74 Å². The molecule has 3 nitrogen and oxygen atoms in total. The Bertz CT molecular complexity index is 156. The summed E-state index contributed by atoms with van der Waals surface area (Å²) in [7, 11) is 0. The van der Waals surface area contributed by atoms with Crippen LogP contribution >= 0.6 is 0 Å². The van der Waals surface area contributed by atoms with Crippen LogP contribution in [0.15, 0.2) is 0 Å². The van der Waals surface area contributed by atoms with Crippen molar-refractivity contribution in [1.82, 2.24) is 4.90 Å². The first-order valence-corrected chi connectivity index (χ1v) is 6.16. The standard InChI is InChI=1S/C12H25NO2/c1-11(2)13(6-3-7-14)10-12-4-8-15-9-5-12/h11-12,14H,3-10H2,1-2H3. The summed E-state index contributed by atoms with van der Waals surface area (Å²) in [6, 6.07) is 0.583. The van der Waals surface area contributed by atoms with E-state index < -0.39 is 0 Å². The summed E-state index contributed by atoms with van der Waals surface area (Å²) in [4.78, 5) is 2.48. The Labute approximate surface area is 93.4 Å². The van der Waals surface area contributed by atoms with Gasteiger partial charge >= 0.3 is 0 Å². The van der Waals surface area contributed by atoms with Gasteiger partial charge < -0.3 is 14.7 Å². The smallest absolute Gasteiger partial charge is 0.0469 e. The number of rotatable bonds is 6. The van der Waals surface area contributed by atoms with Crippen molar-refractivity contribution in [3.8, 4) is 0 Å². The molecule has 1 fully saturated rings. The maximum Gasteiger partial charge on any atom is 0.0469 e. The van der Waals surface area contributed by atoms with Crippen molar-refractivity contribution in [2.75, 3.05) is 32.9 Å². The molecule has 0 aliphatic carbocycles. The molecule has 0 spiro atoms. The lowest BCUT2D eigenvalue weighted by atomic mass is 9.99. The van der Waals surface area contributed by atoms with Gasteiger partial charge in [0, 0.05) is 39.0 Å². The molecule has 0 aromatic heterocycles. The molecule has 90 valence electrons. The molecule has 0 aromatic rings. The van der Waals surface area contributed by atoms with Gasteiger partial charge in [0.1, 0.15) is 0 Å². The quantitative estimate of drug-likeness (QED) is 0.729. The van der Waals surface area contributed by atoms with Crippen LogP contribution < -0.4 is 0 Å². The highest BCUT2D eigenvalue weighted by Crippen LogP contribution is 2.17. The minimum atomic E-state index is 0.303. The normalized spacial score (nSPS) is 19.0. The molecule has 0 aromatic carbocycles. The van der Waals surface area contributed by atoms with Crippen LogP contribution in [0.1, 0.15) is 33.1 Å². The Balaban J connectivity index is 2.28. The van der Waals surface area contributed by atoms with Crippen molar-refractivity contribution in [2.24, 2.45) is 5.92 Å². The fourth-order valence-corrected chi connectivity index (χ4v) is 2.09. The topological polar surface area (TPSA) is 32.7 Å². The molecule has 1 aliphatic heterocycles. The third kappa shape index (κ3) is 4.96. The maximum atomic E-state index is 8.86. The minimum absolute atomic E-state index is 0.303. The Morgan fingerprint density at radius 2 is 2.00 bits per heavy atom. The average molecular weight is 215 g/mol. The molecule has 0 saturated carbocycles. The second-order valence-corrected chi connectivity index (χ2v) is 4.72. The number of hydrogen-bond donors (Lipinski definition) is 1. The fraction of sp³-hybridized carbons (Fsp3) is 1.00. The van der Waals surface area contributed by atoms with E-state index in [1.807, 2.05) is 0 Å². The van der Waals surface area contributed by atoms with Crippen LogP contribution in [0.3, 0.4) is 0 Å². The molecule has 0 amide bonds. The van der Waals surface area contributed by atoms with Gasteiger partial charge in [-0.25, -0.2) is 0 Å². The van der Waals surface area contributed by atoms with Gasteiger partial charge in [0.25, 0.3) is 0 Å². The highest BCUT2D eigenvalue weighted by molar-refractivity contribution is 4.71. The first-order valence-electron chi connectivity index (χ1n) is 6.16. The van der Waals surface area contributed by atoms with E-state index in [-0.39, 0.29) is 0 Å². The molecule has 1 rings (SSSR count). The van der Waals surface area contributed by atoms with Crippen LogP contribution in [-0.4, -0.2) is 49.0 Å². The molecule has 0 bridgehead atoms. The monoisotopic (exact) mass is 215 g/mol. The van der Waals surface area contributed by atoms with Crippen LogP contribution in [0.25, 0.3) is 0 Å². The first kappa shape index (κ1) is 12.9. The second-order valence-electron chi connectivity index (χ2n) is 4.72. The van der Waals surface area contributed by atoms with Crippen molar-refractivity contribution in [3.05, 3.63) is 0 Å². The largest absolute Gasteiger partial charge is 0.396 e. The van der Waals surface area contributed by atoms with Crippen LogP contribution in [0, 0.1) is 5.92 Å². The zero-order valence-corrected chi connectivity index (χ0v) is 10.1. The van der Waals surface area contributed by atoms with Crippen molar-refractivity contribution in [1.29, 1.82) is 0 Å². The second kappa shape index (κ2) is 7.20. The number of aliphatic hydroxyl groups excluding tert-OH is 1. The predicted octanol–water partition coefficient (Wildman–Crippen LogP) is 1.51. The lowest BCUT2D eigenvalue weighted by Crippen LogP contribution is -2.38. The lowest BCUT2D eigenvalue weighted by molar-refractivity contribution is 0.0466. The predicted molar refractivity (Wildman–Crippen MR) is 62.0 cm³/mol. The van der Waals surface area contributed by atoms with Crippen LogP contribution in [0.2, 0.25) is 0 Å². The van der Waals surface area contributed by atoms with E-state index in [4.69, 9.17) is 9.84 Å². The number of aliphatic hydroxyl groups is 1. The summed E-state index contributed by atoms with van der Waals surface area (Å²) < 4.78 is 5.36. The van der Waals surface area contributed by atoms with Crippen LogP contribution in [0.4, 0.5) is 0 Å². The fourth-order valence-electron chi connectivity index (χ4n) is 2.09. The Kier molecular flexibility index (Phi) is 6.22. The third-order valence-electron chi connectivity index (χ3n) is 3.17. The molecular formula is C12H25NO2. The highest BCUT2D eigenvalue weighted by Gasteiger charge is 2.18. The van der Waals surface area contributed by atoms with Gasteiger partial charge in [-0.1, -0.05) is 0 Å². The van der Waals surface area contributed by atoms with E-state index in [2.05, 4.69) is 18.7 Å².